The molecule has 4 aromatic rings. The van der Waals surface area contributed by atoms with E-state index < -0.39 is 29.7 Å². The molecule has 12 heteroatoms. The number of benzene rings is 3. The second-order valence-electron chi connectivity index (χ2n) is 10.3. The second-order valence-corrected chi connectivity index (χ2v) is 10.3. The van der Waals surface area contributed by atoms with Crippen LogP contribution in [0.2, 0.25) is 0 Å². The zero-order chi connectivity index (χ0) is 31.1. The van der Waals surface area contributed by atoms with Crippen LogP contribution in [0.4, 0.5) is 19.3 Å². The number of likely N-dealkylation sites (tertiary alicyclic amines) is 1. The fourth-order valence-corrected chi connectivity index (χ4v) is 4.92. The van der Waals surface area contributed by atoms with Crippen LogP contribution in [0.25, 0.3) is 10.9 Å². The maximum Gasteiger partial charge on any atom is 0.325 e. The molecular weight excluding hydrogens is 574 g/mol. The number of ether oxygens (including phenoxy) is 3. The molecule has 0 bridgehead atoms. The average Bonchev–Trinajstić information content (AvgIpc) is 3.51. The molecule has 3 amide bonds. The van der Waals surface area contributed by atoms with E-state index >= 15 is 4.39 Å². The number of fused-ring (bicyclic) bond motifs is 1. The van der Waals surface area contributed by atoms with Gasteiger partial charge in [0.1, 0.15) is 24.3 Å². The quantitative estimate of drug-likeness (QED) is 0.217. The first-order chi connectivity index (χ1) is 21.3. The number of anilines is 1. The summed E-state index contributed by atoms with van der Waals surface area (Å²) in [5, 5.41) is 15.4. The molecule has 3 aromatic carbocycles. The monoisotopic (exact) mass is 606 g/mol. The molecule has 0 radical (unpaired) electrons. The first-order valence-corrected chi connectivity index (χ1v) is 14.1. The van der Waals surface area contributed by atoms with E-state index in [0.29, 0.717) is 34.7 Å². The summed E-state index contributed by atoms with van der Waals surface area (Å²) in [6.07, 6.45) is 2.77. The average molecular weight is 607 g/mol. The summed E-state index contributed by atoms with van der Waals surface area (Å²) in [4.78, 5) is 30.9. The minimum absolute atomic E-state index is 0.0704. The van der Waals surface area contributed by atoms with Crippen LogP contribution in [0, 0.1) is 11.6 Å². The largest absolute Gasteiger partial charge is 0.493 e. The number of amides is 3. The van der Waals surface area contributed by atoms with Crippen molar-refractivity contribution in [3.05, 3.63) is 84.1 Å². The van der Waals surface area contributed by atoms with E-state index in [0.717, 1.165) is 32.0 Å². The van der Waals surface area contributed by atoms with Crippen LogP contribution >= 0.6 is 0 Å². The lowest BCUT2D eigenvalue weighted by molar-refractivity contribution is -0.119. The normalized spacial score (nSPS) is 13.8. The number of urea groups is 1. The third-order valence-corrected chi connectivity index (χ3v) is 7.06. The molecule has 1 aliphatic heterocycles. The van der Waals surface area contributed by atoms with E-state index in [1.807, 2.05) is 0 Å². The standard InChI is InChI=1S/C32H32F2N4O6/c1-42-29-16-23-26(17-30(29)43-19-22(39)18-38-12-4-5-13-38)35-11-10-27(23)44-28-9-8-21(15-25(28)34)36-32(41)37-31(40)14-20-6-2-3-7-24(20)33/h2-3,6-11,15-17,22,39H,4-5,12-14,18-19H2,1H3,(H2,36,37,40,41). The first-order valence-electron chi connectivity index (χ1n) is 14.1. The molecule has 0 aliphatic carbocycles. The number of carbonyl (C=O) groups excluding carboxylic acids is 2. The van der Waals surface area contributed by atoms with Gasteiger partial charge in [-0.1, -0.05) is 18.2 Å². The van der Waals surface area contributed by atoms with Gasteiger partial charge in [-0.3, -0.25) is 15.1 Å². The number of aliphatic hydroxyl groups excluding tert-OH is 1. The first kappa shape index (κ1) is 30.6. The zero-order valence-corrected chi connectivity index (χ0v) is 24.0. The van der Waals surface area contributed by atoms with Gasteiger partial charge < -0.3 is 29.5 Å². The van der Waals surface area contributed by atoms with Gasteiger partial charge in [0, 0.05) is 35.9 Å². The Morgan fingerprint density at radius 2 is 1.77 bits per heavy atom. The van der Waals surface area contributed by atoms with E-state index in [1.54, 1.807) is 24.3 Å². The van der Waals surface area contributed by atoms with Gasteiger partial charge in [0.15, 0.2) is 23.1 Å². The summed E-state index contributed by atoms with van der Waals surface area (Å²) in [6, 6.07) is 13.5. The number of methoxy groups -OCH3 is 1. The third kappa shape index (κ3) is 7.77. The highest BCUT2D eigenvalue weighted by molar-refractivity contribution is 6.01. The Morgan fingerprint density at radius 1 is 0.977 bits per heavy atom. The molecule has 0 saturated carbocycles. The van der Waals surface area contributed by atoms with Crippen molar-refractivity contribution in [2.75, 3.05) is 38.7 Å². The lowest BCUT2D eigenvalue weighted by Crippen LogP contribution is -2.35. The second kappa shape index (κ2) is 14.1. The fraction of sp³-hybridized carbons (Fsp3) is 0.281. The van der Waals surface area contributed by atoms with Gasteiger partial charge in [0.2, 0.25) is 5.91 Å². The van der Waals surface area contributed by atoms with Gasteiger partial charge in [0.25, 0.3) is 0 Å². The third-order valence-electron chi connectivity index (χ3n) is 7.06. The van der Waals surface area contributed by atoms with Crippen LogP contribution in [0.3, 0.4) is 0 Å². The number of hydrogen-bond acceptors (Lipinski definition) is 8. The maximum atomic E-state index is 15.0. The SMILES string of the molecule is COc1cc2c(Oc3ccc(NC(=O)NC(=O)Cc4ccccc4F)cc3F)ccnc2cc1OCC(O)CN1CCCC1. The number of halogens is 2. The fourth-order valence-electron chi connectivity index (χ4n) is 4.92. The molecule has 10 nitrogen and oxygen atoms in total. The predicted octanol–water partition coefficient (Wildman–Crippen LogP) is 5.04. The van der Waals surface area contributed by atoms with E-state index in [-0.39, 0.29) is 30.0 Å². The molecular formula is C32H32F2N4O6. The van der Waals surface area contributed by atoms with Gasteiger partial charge >= 0.3 is 6.03 Å². The summed E-state index contributed by atoms with van der Waals surface area (Å²) >= 11 is 0. The number of nitrogens with one attached hydrogen (secondary N) is 2. The van der Waals surface area contributed by atoms with Crippen molar-refractivity contribution in [3.8, 4) is 23.0 Å². The molecule has 1 unspecified atom stereocenters. The summed E-state index contributed by atoms with van der Waals surface area (Å²) in [7, 11) is 1.49. The van der Waals surface area contributed by atoms with E-state index in [1.165, 1.54) is 43.6 Å². The number of imide groups is 1. The number of pyridine rings is 1. The van der Waals surface area contributed by atoms with Crippen molar-refractivity contribution in [2.24, 2.45) is 0 Å². The lowest BCUT2D eigenvalue weighted by Gasteiger charge is -2.20. The highest BCUT2D eigenvalue weighted by Crippen LogP contribution is 2.38. The lowest BCUT2D eigenvalue weighted by atomic mass is 10.1. The van der Waals surface area contributed by atoms with E-state index in [2.05, 4.69) is 20.5 Å². The van der Waals surface area contributed by atoms with Crippen molar-refractivity contribution in [3.63, 3.8) is 0 Å². The van der Waals surface area contributed by atoms with Crippen LogP contribution in [0.1, 0.15) is 18.4 Å². The number of aromatic nitrogens is 1. The molecule has 44 heavy (non-hydrogen) atoms. The Balaban J connectivity index is 1.23. The Bertz CT molecular complexity index is 1650. The summed E-state index contributed by atoms with van der Waals surface area (Å²) in [6.45, 7) is 2.55. The Kier molecular flexibility index (Phi) is 9.82. The summed E-state index contributed by atoms with van der Waals surface area (Å²) in [5.41, 5.74) is 0.714. The minimum atomic E-state index is -0.895. The molecule has 1 atom stereocenters. The van der Waals surface area contributed by atoms with Crippen molar-refractivity contribution in [2.45, 2.75) is 25.4 Å². The zero-order valence-electron chi connectivity index (χ0n) is 24.0. The number of rotatable bonds is 11. The van der Waals surface area contributed by atoms with Gasteiger partial charge in [-0.2, -0.15) is 0 Å². The number of hydrogen-bond donors (Lipinski definition) is 3. The number of β-amino-alcohol motifs (C(OH)–C–C–N with tert-alkyl or cyclic N) is 1. The Labute approximate surface area is 252 Å². The topological polar surface area (TPSA) is 122 Å². The number of nitrogens with zero attached hydrogens (tertiary/aromatic N) is 2. The minimum Gasteiger partial charge on any atom is -0.493 e. The van der Waals surface area contributed by atoms with Gasteiger partial charge in [-0.05, 0) is 61.8 Å². The molecule has 230 valence electrons. The smallest absolute Gasteiger partial charge is 0.325 e. The summed E-state index contributed by atoms with van der Waals surface area (Å²) < 4.78 is 46.0. The van der Waals surface area contributed by atoms with Crippen LogP contribution in [0.15, 0.2) is 66.9 Å². The highest BCUT2D eigenvalue weighted by atomic mass is 19.1. The number of aliphatic hydroxyl groups is 1. The maximum absolute atomic E-state index is 15.0. The highest BCUT2D eigenvalue weighted by Gasteiger charge is 2.19. The summed E-state index contributed by atoms with van der Waals surface area (Å²) in [5.74, 6) is -1.09. The molecule has 1 fully saturated rings. The van der Waals surface area contributed by atoms with Crippen LogP contribution in [0.5, 0.6) is 23.0 Å². The van der Waals surface area contributed by atoms with Crippen molar-refractivity contribution >= 4 is 28.5 Å². The van der Waals surface area contributed by atoms with E-state index in [9.17, 15) is 19.1 Å². The van der Waals surface area contributed by atoms with Crippen LogP contribution < -0.4 is 24.8 Å². The molecule has 1 saturated heterocycles. The van der Waals surface area contributed by atoms with Crippen molar-refractivity contribution < 1.29 is 37.7 Å². The van der Waals surface area contributed by atoms with Gasteiger partial charge in [-0.25, -0.2) is 13.6 Å². The molecule has 3 N–H and O–H groups in total. The van der Waals surface area contributed by atoms with Gasteiger partial charge in [-0.15, -0.1) is 0 Å². The van der Waals surface area contributed by atoms with Crippen LogP contribution in [-0.4, -0.2) is 66.4 Å². The molecule has 1 aliphatic rings. The molecule has 0 spiro atoms. The predicted molar refractivity (Wildman–Crippen MR) is 159 cm³/mol. The van der Waals surface area contributed by atoms with Crippen LogP contribution in [-0.2, 0) is 11.2 Å². The van der Waals surface area contributed by atoms with E-state index in [4.69, 9.17) is 14.2 Å². The number of carbonyl (C=O) groups is 2. The van der Waals surface area contributed by atoms with Crippen molar-refractivity contribution in [1.29, 1.82) is 0 Å². The van der Waals surface area contributed by atoms with Crippen molar-refractivity contribution in [1.82, 2.24) is 15.2 Å². The molecule has 1 aromatic heterocycles. The Morgan fingerprint density at radius 3 is 2.52 bits per heavy atom. The van der Waals surface area contributed by atoms with Gasteiger partial charge in [0.05, 0.1) is 19.0 Å². The molecule has 5 rings (SSSR count). The Hall–Kier alpha value is -4.81. The molecule has 2 heterocycles.